The average molecular weight is 95.1 g/mol. The normalized spacial score (nSPS) is 9.86. The second kappa shape index (κ2) is 2.91. The zero-order valence-electron chi connectivity index (χ0n) is 3.76. The van der Waals surface area contributed by atoms with E-state index in [0.29, 0.717) is 0 Å². The van der Waals surface area contributed by atoms with Crippen molar-refractivity contribution in [3.8, 4) is 6.19 Å². The molecule has 0 saturated heterocycles. The molecule has 0 aromatic rings. The second-order valence-corrected chi connectivity index (χ2v) is 0.841. The third-order valence-electron chi connectivity index (χ3n) is 0.388. The lowest BCUT2D eigenvalue weighted by atomic mass is 10.6. The van der Waals surface area contributed by atoms with Gasteiger partial charge in [0.25, 0.3) is 0 Å². The highest BCUT2D eigenvalue weighted by Crippen LogP contribution is 1.64. The number of nitrogens with zero attached hydrogens (tertiary/aromatic N) is 2. The molecule has 3 nitrogen and oxygen atoms in total. The van der Waals surface area contributed by atoms with Crippen molar-refractivity contribution in [1.29, 1.82) is 5.26 Å². The van der Waals surface area contributed by atoms with Crippen LogP contribution in [0.15, 0.2) is 17.6 Å². The van der Waals surface area contributed by atoms with Crippen molar-refractivity contribution in [2.75, 3.05) is 0 Å². The van der Waals surface area contributed by atoms with E-state index >= 15 is 0 Å². The Labute approximate surface area is 41.8 Å². The molecule has 0 aromatic heterocycles. The van der Waals surface area contributed by atoms with Crippen LogP contribution in [0.5, 0.6) is 0 Å². The van der Waals surface area contributed by atoms with E-state index < -0.39 is 0 Å². The van der Waals surface area contributed by atoms with Crippen LogP contribution in [0.3, 0.4) is 0 Å². The first-order chi connectivity index (χ1) is 3.31. The molecule has 0 fully saturated rings. The molecule has 36 valence electrons. The lowest BCUT2D eigenvalue weighted by molar-refractivity contribution is 1.42. The molecule has 0 saturated carbocycles. The van der Waals surface area contributed by atoms with Gasteiger partial charge in [-0.2, -0.15) is 10.3 Å². The molecule has 0 aromatic carbocycles. The van der Waals surface area contributed by atoms with Crippen molar-refractivity contribution in [2.45, 2.75) is 0 Å². The number of nitriles is 1. The quantitative estimate of drug-likeness (QED) is 0.283. The van der Waals surface area contributed by atoms with Gasteiger partial charge < -0.3 is 5.73 Å². The molecule has 0 unspecified atom stereocenters. The van der Waals surface area contributed by atoms with Crippen LogP contribution >= 0.6 is 0 Å². The summed E-state index contributed by atoms with van der Waals surface area (Å²) in [6.07, 6.45) is 2.82. The summed E-state index contributed by atoms with van der Waals surface area (Å²) in [7, 11) is 0. The Hall–Kier alpha value is -1.30. The fourth-order valence-corrected chi connectivity index (χ4v) is 0.103. The van der Waals surface area contributed by atoms with Crippen LogP contribution < -0.4 is 5.73 Å². The standard InChI is InChI=1S/C4H5N3/c1-2-4(6)7-3-5/h2H,1H2,(H2,6,7). The maximum atomic E-state index is 7.80. The van der Waals surface area contributed by atoms with Gasteiger partial charge in [0.1, 0.15) is 5.84 Å². The first kappa shape index (κ1) is 5.70. The molecule has 0 amide bonds. The molecular formula is C4H5N3. The summed E-state index contributed by atoms with van der Waals surface area (Å²) in [6, 6.07) is 0. The van der Waals surface area contributed by atoms with Gasteiger partial charge in [-0.1, -0.05) is 6.58 Å². The fraction of sp³-hybridized carbons (Fsp3) is 0. The first-order valence-corrected chi connectivity index (χ1v) is 1.66. The van der Waals surface area contributed by atoms with Gasteiger partial charge in [0.15, 0.2) is 0 Å². The number of rotatable bonds is 1. The molecule has 0 radical (unpaired) electrons. The highest BCUT2D eigenvalue weighted by atomic mass is 14.8. The third kappa shape index (κ3) is 2.50. The Balaban J connectivity index is 3.80. The number of amidine groups is 1. The molecule has 2 N–H and O–H groups in total. The molecule has 0 heterocycles. The monoisotopic (exact) mass is 95.0 g/mol. The van der Waals surface area contributed by atoms with Crippen LogP contribution in [0.25, 0.3) is 0 Å². The van der Waals surface area contributed by atoms with Gasteiger partial charge in [-0.05, 0) is 6.08 Å². The van der Waals surface area contributed by atoms with E-state index in [0.717, 1.165) is 0 Å². The van der Waals surface area contributed by atoms with Crippen molar-refractivity contribution in [3.05, 3.63) is 12.7 Å². The Kier molecular flexibility index (Phi) is 2.37. The molecule has 0 aliphatic rings. The van der Waals surface area contributed by atoms with E-state index in [1.807, 2.05) is 0 Å². The van der Waals surface area contributed by atoms with Gasteiger partial charge in [0.05, 0.1) is 0 Å². The van der Waals surface area contributed by atoms with Crippen molar-refractivity contribution in [2.24, 2.45) is 10.7 Å². The largest absolute Gasteiger partial charge is 0.383 e. The SMILES string of the molecule is C=CC(N)=NC#N. The summed E-state index contributed by atoms with van der Waals surface area (Å²) < 4.78 is 0. The lowest BCUT2D eigenvalue weighted by Crippen LogP contribution is -2.05. The summed E-state index contributed by atoms with van der Waals surface area (Å²) in [6.45, 7) is 3.27. The van der Waals surface area contributed by atoms with Gasteiger partial charge in [-0.3, -0.25) is 0 Å². The molecule has 0 rings (SSSR count). The minimum absolute atomic E-state index is 0.155. The number of nitrogens with two attached hydrogens (primary N) is 1. The predicted octanol–water partition coefficient (Wildman–Crippen LogP) is 0.0107. The minimum atomic E-state index is 0.155. The smallest absolute Gasteiger partial charge is 0.207 e. The minimum Gasteiger partial charge on any atom is -0.383 e. The Bertz CT molecular complexity index is 128. The maximum absolute atomic E-state index is 7.80. The van der Waals surface area contributed by atoms with Gasteiger partial charge in [-0.25, -0.2) is 0 Å². The van der Waals surface area contributed by atoms with E-state index in [2.05, 4.69) is 11.6 Å². The van der Waals surface area contributed by atoms with Gasteiger partial charge in [-0.15, -0.1) is 0 Å². The maximum Gasteiger partial charge on any atom is 0.207 e. The van der Waals surface area contributed by atoms with E-state index in [9.17, 15) is 0 Å². The second-order valence-electron chi connectivity index (χ2n) is 0.841. The highest BCUT2D eigenvalue weighted by Gasteiger charge is 1.73. The predicted molar refractivity (Wildman–Crippen MR) is 27.4 cm³/mol. The molecule has 0 aliphatic carbocycles. The van der Waals surface area contributed by atoms with Crippen LogP contribution in [0.4, 0.5) is 0 Å². The van der Waals surface area contributed by atoms with Crippen molar-refractivity contribution in [3.63, 3.8) is 0 Å². The number of aliphatic imine (C=N–C) groups is 1. The Morgan fingerprint density at radius 2 is 2.57 bits per heavy atom. The van der Waals surface area contributed by atoms with Crippen LogP contribution in [0.2, 0.25) is 0 Å². The summed E-state index contributed by atoms with van der Waals surface area (Å²) >= 11 is 0. The summed E-state index contributed by atoms with van der Waals surface area (Å²) in [4.78, 5) is 3.12. The Morgan fingerprint density at radius 3 is 2.71 bits per heavy atom. The average Bonchev–Trinajstić information content (AvgIpc) is 1.68. The topological polar surface area (TPSA) is 62.2 Å². The lowest BCUT2D eigenvalue weighted by Gasteiger charge is -1.76. The molecule has 7 heavy (non-hydrogen) atoms. The van der Waals surface area contributed by atoms with Crippen molar-refractivity contribution >= 4 is 5.84 Å². The summed E-state index contributed by atoms with van der Waals surface area (Å²) in [5, 5.41) is 7.80. The number of hydrogen-bond acceptors (Lipinski definition) is 2. The van der Waals surface area contributed by atoms with E-state index in [1.165, 1.54) is 12.3 Å². The summed E-state index contributed by atoms with van der Waals surface area (Å²) in [5.74, 6) is 0.155. The molecule has 0 bridgehead atoms. The van der Waals surface area contributed by atoms with Gasteiger partial charge in [0, 0.05) is 0 Å². The number of hydrogen-bond donors (Lipinski definition) is 1. The van der Waals surface area contributed by atoms with Crippen LogP contribution in [-0.2, 0) is 0 Å². The fourth-order valence-electron chi connectivity index (χ4n) is 0.103. The zero-order chi connectivity index (χ0) is 5.70. The molecular weight excluding hydrogens is 90.1 g/mol. The van der Waals surface area contributed by atoms with Crippen molar-refractivity contribution < 1.29 is 0 Å². The summed E-state index contributed by atoms with van der Waals surface area (Å²) in [5.41, 5.74) is 4.99. The van der Waals surface area contributed by atoms with Crippen LogP contribution in [-0.4, -0.2) is 5.84 Å². The third-order valence-corrected chi connectivity index (χ3v) is 0.388. The first-order valence-electron chi connectivity index (χ1n) is 1.66. The highest BCUT2D eigenvalue weighted by molar-refractivity contribution is 5.91. The van der Waals surface area contributed by atoms with E-state index in [4.69, 9.17) is 11.0 Å². The molecule has 0 atom stereocenters. The molecule has 3 heteroatoms. The zero-order valence-corrected chi connectivity index (χ0v) is 3.76. The molecule has 0 aliphatic heterocycles. The van der Waals surface area contributed by atoms with Gasteiger partial charge in [0.2, 0.25) is 6.19 Å². The van der Waals surface area contributed by atoms with E-state index in [-0.39, 0.29) is 5.84 Å². The molecule has 0 spiro atoms. The van der Waals surface area contributed by atoms with Gasteiger partial charge >= 0.3 is 0 Å². The van der Waals surface area contributed by atoms with Crippen LogP contribution in [0.1, 0.15) is 0 Å². The van der Waals surface area contributed by atoms with E-state index in [1.54, 1.807) is 0 Å². The van der Waals surface area contributed by atoms with Crippen LogP contribution in [0, 0.1) is 11.5 Å². The Morgan fingerprint density at radius 1 is 2.00 bits per heavy atom. The van der Waals surface area contributed by atoms with Crippen molar-refractivity contribution in [1.82, 2.24) is 0 Å².